The number of ether oxygens (including phenoxy) is 1. The van der Waals surface area contributed by atoms with Gasteiger partial charge in [-0.3, -0.25) is 9.59 Å². The van der Waals surface area contributed by atoms with Gasteiger partial charge >= 0.3 is 0 Å². The highest BCUT2D eigenvalue weighted by molar-refractivity contribution is 5.92. The molecule has 7 heteroatoms. The van der Waals surface area contributed by atoms with Crippen LogP contribution >= 0.6 is 12.4 Å². The number of hydrogen-bond donors (Lipinski definition) is 3. The summed E-state index contributed by atoms with van der Waals surface area (Å²) in [5.41, 5.74) is 5.65. The summed E-state index contributed by atoms with van der Waals surface area (Å²) in [7, 11) is 1.85. The summed E-state index contributed by atoms with van der Waals surface area (Å²) in [6, 6.07) is 7.11. The highest BCUT2D eigenvalue weighted by atomic mass is 35.5. The average molecular weight is 316 g/mol. The van der Waals surface area contributed by atoms with Crippen LogP contribution in [0.25, 0.3) is 0 Å². The molecule has 0 unspecified atom stereocenters. The predicted molar refractivity (Wildman–Crippen MR) is 84.8 cm³/mol. The molecule has 0 aromatic heterocycles. The van der Waals surface area contributed by atoms with Crippen molar-refractivity contribution in [3.05, 3.63) is 24.3 Å². The molecule has 0 aliphatic rings. The van der Waals surface area contributed by atoms with Gasteiger partial charge in [-0.05, 0) is 32.1 Å². The van der Waals surface area contributed by atoms with Crippen LogP contribution in [0.5, 0.6) is 5.75 Å². The lowest BCUT2D eigenvalue weighted by Crippen LogP contribution is -2.17. The van der Waals surface area contributed by atoms with Crippen LogP contribution in [0.4, 0.5) is 5.69 Å². The van der Waals surface area contributed by atoms with Gasteiger partial charge < -0.3 is 21.1 Å². The van der Waals surface area contributed by atoms with Gasteiger partial charge in [-0.25, -0.2) is 0 Å². The third-order valence-electron chi connectivity index (χ3n) is 2.60. The molecule has 0 saturated carbocycles. The number of para-hydroxylation sites is 2. The average Bonchev–Trinajstić information content (AvgIpc) is 2.40. The first-order valence-electron chi connectivity index (χ1n) is 6.58. The van der Waals surface area contributed by atoms with E-state index in [9.17, 15) is 9.59 Å². The summed E-state index contributed by atoms with van der Waals surface area (Å²) in [6.07, 6.45) is 1.36. The number of primary amides is 1. The van der Waals surface area contributed by atoms with Crippen LogP contribution in [0.15, 0.2) is 24.3 Å². The topological polar surface area (TPSA) is 93.4 Å². The molecule has 21 heavy (non-hydrogen) atoms. The van der Waals surface area contributed by atoms with E-state index in [0.29, 0.717) is 17.9 Å². The van der Waals surface area contributed by atoms with E-state index in [2.05, 4.69) is 10.6 Å². The highest BCUT2D eigenvalue weighted by Crippen LogP contribution is 2.24. The lowest BCUT2D eigenvalue weighted by molar-refractivity contribution is -0.118. The van der Waals surface area contributed by atoms with Gasteiger partial charge in [-0.15, -0.1) is 12.4 Å². The molecule has 0 saturated heterocycles. The van der Waals surface area contributed by atoms with Gasteiger partial charge in [-0.1, -0.05) is 12.1 Å². The molecule has 1 aromatic carbocycles. The fraction of sp³-hybridized carbons (Fsp3) is 0.429. The second kappa shape index (κ2) is 10.9. The molecule has 1 aromatic rings. The Hall–Kier alpha value is -1.79. The third kappa shape index (κ3) is 8.16. The van der Waals surface area contributed by atoms with E-state index in [-0.39, 0.29) is 31.3 Å². The Morgan fingerprint density at radius 3 is 2.62 bits per heavy atom. The number of carbonyl (C=O) groups excluding carboxylic acids is 2. The second-order valence-corrected chi connectivity index (χ2v) is 4.32. The Morgan fingerprint density at radius 2 is 1.95 bits per heavy atom. The van der Waals surface area contributed by atoms with Crippen LogP contribution in [0, 0.1) is 0 Å². The van der Waals surface area contributed by atoms with E-state index >= 15 is 0 Å². The fourth-order valence-electron chi connectivity index (χ4n) is 1.60. The van der Waals surface area contributed by atoms with Crippen LogP contribution < -0.4 is 21.1 Å². The molecule has 6 nitrogen and oxygen atoms in total. The summed E-state index contributed by atoms with van der Waals surface area (Å²) in [5.74, 6) is 0.0560. The van der Waals surface area contributed by atoms with Gasteiger partial charge in [0, 0.05) is 6.42 Å². The Morgan fingerprint density at radius 1 is 1.24 bits per heavy atom. The van der Waals surface area contributed by atoms with Crippen molar-refractivity contribution < 1.29 is 14.3 Å². The van der Waals surface area contributed by atoms with Crippen molar-refractivity contribution in [2.24, 2.45) is 5.73 Å². The minimum atomic E-state index is -0.418. The molecular formula is C14H22ClN3O3. The van der Waals surface area contributed by atoms with E-state index < -0.39 is 5.91 Å². The molecule has 0 heterocycles. The molecule has 4 N–H and O–H groups in total. The molecule has 0 aliphatic carbocycles. The predicted octanol–water partition coefficient (Wildman–Crippen LogP) is 1.30. The quantitative estimate of drug-likeness (QED) is 0.599. The fourth-order valence-corrected chi connectivity index (χ4v) is 1.60. The van der Waals surface area contributed by atoms with E-state index in [4.69, 9.17) is 10.5 Å². The summed E-state index contributed by atoms with van der Waals surface area (Å²) in [4.78, 5) is 22.4. The summed E-state index contributed by atoms with van der Waals surface area (Å²) in [5, 5.41) is 5.79. The number of amides is 2. The third-order valence-corrected chi connectivity index (χ3v) is 2.60. The number of nitrogens with two attached hydrogens (primary N) is 1. The first-order valence-corrected chi connectivity index (χ1v) is 6.58. The zero-order valence-electron chi connectivity index (χ0n) is 12.1. The monoisotopic (exact) mass is 315 g/mol. The Balaban J connectivity index is 0.00000400. The Labute approximate surface area is 130 Å². The van der Waals surface area contributed by atoms with E-state index in [1.165, 1.54) is 0 Å². The zero-order chi connectivity index (χ0) is 14.8. The van der Waals surface area contributed by atoms with Gasteiger partial charge in [0.25, 0.3) is 0 Å². The minimum Gasteiger partial charge on any atom is -0.491 e. The van der Waals surface area contributed by atoms with Crippen LogP contribution in [-0.2, 0) is 9.59 Å². The second-order valence-electron chi connectivity index (χ2n) is 4.32. The lowest BCUT2D eigenvalue weighted by Gasteiger charge is -2.12. The molecule has 0 bridgehead atoms. The Kier molecular flexibility index (Phi) is 10.0. The lowest BCUT2D eigenvalue weighted by atomic mass is 10.2. The van der Waals surface area contributed by atoms with Crippen molar-refractivity contribution in [3.8, 4) is 5.75 Å². The summed E-state index contributed by atoms with van der Waals surface area (Å²) in [6.45, 7) is 0.992. The maximum atomic E-state index is 11.8. The smallest absolute Gasteiger partial charge is 0.224 e. The van der Waals surface area contributed by atoms with Crippen LogP contribution in [-0.4, -0.2) is 32.0 Å². The molecule has 1 rings (SSSR count). The first-order chi connectivity index (χ1) is 9.63. The van der Waals surface area contributed by atoms with Crippen molar-refractivity contribution in [2.75, 3.05) is 25.5 Å². The highest BCUT2D eigenvalue weighted by Gasteiger charge is 2.07. The number of halogens is 1. The summed E-state index contributed by atoms with van der Waals surface area (Å²) < 4.78 is 5.45. The van der Waals surface area contributed by atoms with Gasteiger partial charge in [0.2, 0.25) is 11.8 Å². The Bertz CT molecular complexity index is 455. The largest absolute Gasteiger partial charge is 0.491 e. The van der Waals surface area contributed by atoms with Crippen molar-refractivity contribution in [1.29, 1.82) is 0 Å². The number of benzene rings is 1. The van der Waals surface area contributed by atoms with Gasteiger partial charge in [-0.2, -0.15) is 0 Å². The number of nitrogens with one attached hydrogen (secondary N) is 2. The normalized spacial score (nSPS) is 9.57. The van der Waals surface area contributed by atoms with E-state index in [0.717, 1.165) is 13.0 Å². The van der Waals surface area contributed by atoms with Crippen molar-refractivity contribution in [2.45, 2.75) is 19.3 Å². The first kappa shape index (κ1) is 19.2. The molecule has 0 spiro atoms. The van der Waals surface area contributed by atoms with Gasteiger partial charge in [0.05, 0.1) is 18.7 Å². The number of carbonyl (C=O) groups is 2. The maximum Gasteiger partial charge on any atom is 0.224 e. The van der Waals surface area contributed by atoms with Crippen LogP contribution in [0.3, 0.4) is 0 Å². The van der Waals surface area contributed by atoms with E-state index in [1.54, 1.807) is 18.2 Å². The standard InChI is InChI=1S/C14H21N3O3.ClH/c1-16-9-4-7-14(19)17-11-5-2-3-6-12(11)20-10-8-13(15)18;/h2-3,5-6,16H,4,7-10H2,1H3,(H2,15,18)(H,17,19);1H. The van der Waals surface area contributed by atoms with Crippen molar-refractivity contribution in [3.63, 3.8) is 0 Å². The maximum absolute atomic E-state index is 11.8. The van der Waals surface area contributed by atoms with Crippen molar-refractivity contribution >= 4 is 29.9 Å². The van der Waals surface area contributed by atoms with Crippen LogP contribution in [0.1, 0.15) is 19.3 Å². The molecule has 0 atom stereocenters. The molecular weight excluding hydrogens is 294 g/mol. The number of anilines is 1. The van der Waals surface area contributed by atoms with Crippen molar-refractivity contribution in [1.82, 2.24) is 5.32 Å². The number of rotatable bonds is 9. The minimum absolute atomic E-state index is 0. The molecule has 0 fully saturated rings. The summed E-state index contributed by atoms with van der Waals surface area (Å²) >= 11 is 0. The van der Waals surface area contributed by atoms with Gasteiger partial charge in [0.1, 0.15) is 5.75 Å². The molecule has 2 amide bonds. The molecule has 0 radical (unpaired) electrons. The van der Waals surface area contributed by atoms with Crippen LogP contribution in [0.2, 0.25) is 0 Å². The zero-order valence-corrected chi connectivity index (χ0v) is 12.9. The van der Waals surface area contributed by atoms with Gasteiger partial charge in [0.15, 0.2) is 0 Å². The molecule has 0 aliphatic heterocycles. The SMILES string of the molecule is CNCCCC(=O)Nc1ccccc1OCCC(N)=O.Cl. The number of hydrogen-bond acceptors (Lipinski definition) is 4. The van der Waals surface area contributed by atoms with E-state index in [1.807, 2.05) is 13.1 Å². The molecule has 118 valence electrons.